The molecule has 0 radical (unpaired) electrons. The second-order valence-corrected chi connectivity index (χ2v) is 4.42. The summed E-state index contributed by atoms with van der Waals surface area (Å²) in [6.45, 7) is 3.61. The standard InChI is InChI=1S/C11H16F3N3O/c1-7(2)8-6-17(5-3-4-9(15)18)16-10(8)11(12,13)14/h6-7H,3-5H2,1-2H3,(H2,15,18). The molecule has 0 aromatic carbocycles. The number of rotatable bonds is 5. The van der Waals surface area contributed by atoms with Crippen LogP contribution in [0.4, 0.5) is 13.2 Å². The lowest BCUT2D eigenvalue weighted by atomic mass is 10.0. The van der Waals surface area contributed by atoms with E-state index in [0.29, 0.717) is 6.42 Å². The van der Waals surface area contributed by atoms with E-state index in [1.165, 1.54) is 10.9 Å². The molecule has 1 rings (SSSR count). The van der Waals surface area contributed by atoms with Gasteiger partial charge in [-0.25, -0.2) is 0 Å². The van der Waals surface area contributed by atoms with E-state index in [2.05, 4.69) is 5.10 Å². The Kier molecular flexibility index (Phi) is 4.37. The average molecular weight is 263 g/mol. The number of aryl methyl sites for hydroxylation is 1. The fourth-order valence-electron chi connectivity index (χ4n) is 1.61. The molecule has 1 aromatic rings. The summed E-state index contributed by atoms with van der Waals surface area (Å²) in [5, 5.41) is 3.54. The molecule has 0 atom stereocenters. The quantitative estimate of drug-likeness (QED) is 0.886. The van der Waals surface area contributed by atoms with Gasteiger partial charge in [0.2, 0.25) is 5.91 Å². The van der Waals surface area contributed by atoms with Gasteiger partial charge in [-0.15, -0.1) is 0 Å². The van der Waals surface area contributed by atoms with Crippen LogP contribution >= 0.6 is 0 Å². The zero-order valence-corrected chi connectivity index (χ0v) is 10.3. The van der Waals surface area contributed by atoms with E-state index in [9.17, 15) is 18.0 Å². The number of nitrogens with two attached hydrogens (primary N) is 1. The minimum atomic E-state index is -4.45. The molecule has 0 bridgehead atoms. The van der Waals surface area contributed by atoms with E-state index in [4.69, 9.17) is 5.73 Å². The van der Waals surface area contributed by atoms with Crippen LogP contribution in [-0.2, 0) is 17.5 Å². The lowest BCUT2D eigenvalue weighted by Crippen LogP contribution is -2.12. The zero-order chi connectivity index (χ0) is 13.9. The van der Waals surface area contributed by atoms with Gasteiger partial charge in [-0.1, -0.05) is 13.8 Å². The molecule has 4 nitrogen and oxygen atoms in total. The first-order valence-corrected chi connectivity index (χ1v) is 5.64. The Labute approximate surface area is 103 Å². The number of carbonyl (C=O) groups is 1. The third kappa shape index (κ3) is 3.75. The highest BCUT2D eigenvalue weighted by atomic mass is 19.4. The van der Waals surface area contributed by atoms with Crippen molar-refractivity contribution in [3.63, 3.8) is 0 Å². The van der Waals surface area contributed by atoms with Gasteiger partial charge < -0.3 is 5.73 Å². The fraction of sp³-hybridized carbons (Fsp3) is 0.636. The summed E-state index contributed by atoms with van der Waals surface area (Å²) in [7, 11) is 0. The maximum absolute atomic E-state index is 12.7. The van der Waals surface area contributed by atoms with E-state index in [1.807, 2.05) is 0 Å². The van der Waals surface area contributed by atoms with Crippen LogP contribution in [0.25, 0.3) is 0 Å². The Morgan fingerprint density at radius 3 is 2.50 bits per heavy atom. The van der Waals surface area contributed by atoms with Crippen LogP contribution in [0.1, 0.15) is 43.9 Å². The highest BCUT2D eigenvalue weighted by Crippen LogP contribution is 2.33. The molecule has 0 aliphatic heterocycles. The van der Waals surface area contributed by atoms with Crippen LogP contribution in [0.15, 0.2) is 6.20 Å². The monoisotopic (exact) mass is 263 g/mol. The van der Waals surface area contributed by atoms with Gasteiger partial charge in [-0.2, -0.15) is 18.3 Å². The van der Waals surface area contributed by atoms with Gasteiger partial charge in [0.25, 0.3) is 0 Å². The smallest absolute Gasteiger partial charge is 0.370 e. The summed E-state index contributed by atoms with van der Waals surface area (Å²) in [6, 6.07) is 0. The van der Waals surface area contributed by atoms with Crippen molar-refractivity contribution in [3.05, 3.63) is 17.5 Å². The molecule has 18 heavy (non-hydrogen) atoms. The number of carbonyl (C=O) groups excluding carboxylic acids is 1. The van der Waals surface area contributed by atoms with Crippen molar-refractivity contribution in [1.82, 2.24) is 9.78 Å². The Morgan fingerprint density at radius 2 is 2.11 bits per heavy atom. The first-order valence-electron chi connectivity index (χ1n) is 5.64. The molecule has 0 unspecified atom stereocenters. The Morgan fingerprint density at radius 1 is 1.50 bits per heavy atom. The fourth-order valence-corrected chi connectivity index (χ4v) is 1.61. The second-order valence-electron chi connectivity index (χ2n) is 4.42. The molecule has 102 valence electrons. The molecular formula is C11H16F3N3O. The SMILES string of the molecule is CC(C)c1cn(CCCC(N)=O)nc1C(F)(F)F. The lowest BCUT2D eigenvalue weighted by Gasteiger charge is -2.07. The minimum Gasteiger partial charge on any atom is -0.370 e. The molecule has 2 N–H and O–H groups in total. The largest absolute Gasteiger partial charge is 0.435 e. The van der Waals surface area contributed by atoms with Crippen molar-refractivity contribution in [2.24, 2.45) is 5.73 Å². The molecule has 0 aliphatic carbocycles. The molecule has 7 heteroatoms. The van der Waals surface area contributed by atoms with E-state index in [-0.39, 0.29) is 24.4 Å². The summed E-state index contributed by atoms with van der Waals surface area (Å²) < 4.78 is 39.4. The van der Waals surface area contributed by atoms with E-state index < -0.39 is 17.8 Å². The Bertz CT molecular complexity index is 424. The maximum Gasteiger partial charge on any atom is 0.435 e. The van der Waals surface area contributed by atoms with Gasteiger partial charge in [0, 0.05) is 24.7 Å². The van der Waals surface area contributed by atoms with Crippen molar-refractivity contribution in [3.8, 4) is 0 Å². The summed E-state index contributed by atoms with van der Waals surface area (Å²) in [5.41, 5.74) is 4.28. The lowest BCUT2D eigenvalue weighted by molar-refractivity contribution is -0.142. The van der Waals surface area contributed by atoms with E-state index >= 15 is 0 Å². The van der Waals surface area contributed by atoms with Gasteiger partial charge in [-0.05, 0) is 12.3 Å². The predicted octanol–water partition coefficient (Wildman–Crippen LogP) is 2.29. The molecule has 1 heterocycles. The topological polar surface area (TPSA) is 60.9 Å². The molecule has 0 spiro atoms. The number of primary amides is 1. The van der Waals surface area contributed by atoms with Crippen molar-refractivity contribution < 1.29 is 18.0 Å². The van der Waals surface area contributed by atoms with Crippen LogP contribution in [0.3, 0.4) is 0 Å². The third-order valence-electron chi connectivity index (χ3n) is 2.49. The van der Waals surface area contributed by atoms with E-state index in [0.717, 1.165) is 0 Å². The van der Waals surface area contributed by atoms with Gasteiger partial charge in [0.1, 0.15) is 0 Å². The van der Waals surface area contributed by atoms with Crippen LogP contribution in [-0.4, -0.2) is 15.7 Å². The number of hydrogen-bond acceptors (Lipinski definition) is 2. The number of halogens is 3. The zero-order valence-electron chi connectivity index (χ0n) is 10.3. The highest BCUT2D eigenvalue weighted by molar-refractivity contribution is 5.73. The molecule has 0 saturated heterocycles. The molecule has 0 aliphatic rings. The molecule has 1 aromatic heterocycles. The Balaban J connectivity index is 2.86. The van der Waals surface area contributed by atoms with E-state index in [1.54, 1.807) is 13.8 Å². The molecular weight excluding hydrogens is 247 g/mol. The summed E-state index contributed by atoms with van der Waals surface area (Å²) in [5.74, 6) is -0.728. The number of nitrogens with zero attached hydrogens (tertiary/aromatic N) is 2. The van der Waals surface area contributed by atoms with Crippen molar-refractivity contribution in [2.75, 3.05) is 0 Å². The average Bonchev–Trinajstić information content (AvgIpc) is 2.60. The summed E-state index contributed by atoms with van der Waals surface area (Å²) >= 11 is 0. The second kappa shape index (κ2) is 5.41. The van der Waals surface area contributed by atoms with Crippen molar-refractivity contribution >= 4 is 5.91 Å². The number of amides is 1. The summed E-state index contributed by atoms with van der Waals surface area (Å²) in [4.78, 5) is 10.5. The van der Waals surface area contributed by atoms with Crippen molar-refractivity contribution in [1.29, 1.82) is 0 Å². The number of alkyl halides is 3. The predicted molar refractivity (Wildman–Crippen MR) is 59.7 cm³/mol. The van der Waals surface area contributed by atoms with Gasteiger partial charge >= 0.3 is 6.18 Å². The minimum absolute atomic E-state index is 0.137. The molecule has 1 amide bonds. The number of aromatic nitrogens is 2. The third-order valence-corrected chi connectivity index (χ3v) is 2.49. The van der Waals surface area contributed by atoms with Crippen LogP contribution in [0.2, 0.25) is 0 Å². The molecule has 0 fully saturated rings. The highest BCUT2D eigenvalue weighted by Gasteiger charge is 2.37. The van der Waals surface area contributed by atoms with Gasteiger partial charge in [0.15, 0.2) is 5.69 Å². The van der Waals surface area contributed by atoms with Crippen LogP contribution in [0.5, 0.6) is 0 Å². The maximum atomic E-state index is 12.7. The van der Waals surface area contributed by atoms with Gasteiger partial charge in [-0.3, -0.25) is 9.48 Å². The summed E-state index contributed by atoms with van der Waals surface area (Å²) in [6.07, 6.45) is -2.55. The van der Waals surface area contributed by atoms with Crippen LogP contribution < -0.4 is 5.73 Å². The molecule has 0 saturated carbocycles. The van der Waals surface area contributed by atoms with Crippen LogP contribution in [0, 0.1) is 0 Å². The number of hydrogen-bond donors (Lipinski definition) is 1. The Hall–Kier alpha value is -1.53. The normalized spacial score (nSPS) is 12.1. The van der Waals surface area contributed by atoms with Gasteiger partial charge in [0.05, 0.1) is 0 Å². The first kappa shape index (κ1) is 14.5. The van der Waals surface area contributed by atoms with Crippen molar-refractivity contribution in [2.45, 2.75) is 45.3 Å². The first-order chi connectivity index (χ1) is 8.21.